The van der Waals surface area contributed by atoms with Crippen molar-refractivity contribution in [2.75, 3.05) is 6.54 Å². The Morgan fingerprint density at radius 2 is 2.15 bits per heavy atom. The molecule has 0 radical (unpaired) electrons. The number of carboxylic acids is 1. The Bertz CT molecular complexity index is 520. The number of carboxylic acid groups (broad SMARTS) is 1. The number of hydrogen-bond acceptors (Lipinski definition) is 3. The highest BCUT2D eigenvalue weighted by atomic mass is 16.4. The van der Waals surface area contributed by atoms with Crippen molar-refractivity contribution in [3.05, 3.63) is 17.5 Å². The average molecular weight is 279 g/mol. The van der Waals surface area contributed by atoms with Gasteiger partial charge in [0, 0.05) is 18.3 Å². The zero-order valence-corrected chi connectivity index (χ0v) is 12.2. The van der Waals surface area contributed by atoms with Gasteiger partial charge in [0.1, 0.15) is 6.54 Å². The first-order valence-electron chi connectivity index (χ1n) is 6.92. The number of nitrogens with zero attached hydrogens (tertiary/aromatic N) is 3. The Hall–Kier alpha value is -1.85. The summed E-state index contributed by atoms with van der Waals surface area (Å²) in [4.78, 5) is 25.1. The van der Waals surface area contributed by atoms with Crippen LogP contribution < -0.4 is 0 Å². The lowest BCUT2D eigenvalue weighted by Gasteiger charge is -2.24. The van der Waals surface area contributed by atoms with Gasteiger partial charge in [-0.2, -0.15) is 5.10 Å². The highest BCUT2D eigenvalue weighted by molar-refractivity contribution is 5.78. The van der Waals surface area contributed by atoms with Crippen LogP contribution in [0.3, 0.4) is 0 Å². The molecule has 0 spiro atoms. The number of aromatic nitrogens is 2. The van der Waals surface area contributed by atoms with E-state index in [1.807, 2.05) is 19.9 Å². The molecule has 6 nitrogen and oxygen atoms in total. The van der Waals surface area contributed by atoms with Crippen LogP contribution in [-0.4, -0.2) is 44.3 Å². The number of rotatable bonds is 6. The first-order valence-corrected chi connectivity index (χ1v) is 6.92. The van der Waals surface area contributed by atoms with E-state index in [9.17, 15) is 9.59 Å². The normalized spacial score (nSPS) is 15.9. The lowest BCUT2D eigenvalue weighted by atomic mass is 10.1. The average Bonchev–Trinajstić information content (AvgIpc) is 3.13. The standard InChI is InChI=1S/C14H21N3O3/c1-9(14(19)20)7-16(12-4-5-12)13(18)8-17-11(3)6-10(2)15-17/h6,9,12H,4-5,7-8H2,1-3H3,(H,19,20)/t9-/m0/s1. The summed E-state index contributed by atoms with van der Waals surface area (Å²) in [7, 11) is 0. The lowest BCUT2D eigenvalue weighted by Crippen LogP contribution is -2.40. The molecule has 2 rings (SSSR count). The summed E-state index contributed by atoms with van der Waals surface area (Å²) >= 11 is 0. The minimum atomic E-state index is -0.866. The van der Waals surface area contributed by atoms with Crippen molar-refractivity contribution < 1.29 is 14.7 Å². The molecule has 0 unspecified atom stereocenters. The molecule has 1 N–H and O–H groups in total. The van der Waals surface area contributed by atoms with E-state index in [4.69, 9.17) is 5.11 Å². The molecule has 0 aliphatic heterocycles. The smallest absolute Gasteiger partial charge is 0.308 e. The van der Waals surface area contributed by atoms with E-state index in [1.165, 1.54) is 0 Å². The van der Waals surface area contributed by atoms with Crippen molar-refractivity contribution in [1.29, 1.82) is 0 Å². The third-order valence-electron chi connectivity index (χ3n) is 3.59. The van der Waals surface area contributed by atoms with E-state index in [-0.39, 0.29) is 25.0 Å². The van der Waals surface area contributed by atoms with Gasteiger partial charge in [-0.25, -0.2) is 0 Å². The van der Waals surface area contributed by atoms with E-state index in [1.54, 1.807) is 16.5 Å². The SMILES string of the molecule is Cc1cc(C)n(CC(=O)N(C[C@H](C)C(=O)O)C2CC2)n1. The number of amides is 1. The maximum Gasteiger partial charge on any atom is 0.308 e. The molecule has 110 valence electrons. The van der Waals surface area contributed by atoms with Gasteiger partial charge in [0.2, 0.25) is 5.91 Å². The van der Waals surface area contributed by atoms with Crippen LogP contribution in [0.5, 0.6) is 0 Å². The molecular formula is C14H21N3O3. The number of hydrogen-bond donors (Lipinski definition) is 1. The van der Waals surface area contributed by atoms with Crippen LogP contribution >= 0.6 is 0 Å². The fourth-order valence-corrected chi connectivity index (χ4v) is 2.27. The summed E-state index contributed by atoms with van der Waals surface area (Å²) in [6, 6.07) is 2.13. The number of carbonyl (C=O) groups excluding carboxylic acids is 1. The second kappa shape index (κ2) is 5.64. The molecule has 6 heteroatoms. The first-order chi connectivity index (χ1) is 9.38. The minimum Gasteiger partial charge on any atom is -0.481 e. The van der Waals surface area contributed by atoms with Gasteiger partial charge in [0.15, 0.2) is 0 Å². The van der Waals surface area contributed by atoms with Gasteiger partial charge in [-0.3, -0.25) is 14.3 Å². The van der Waals surface area contributed by atoms with Crippen molar-refractivity contribution in [3.63, 3.8) is 0 Å². The van der Waals surface area contributed by atoms with Crippen LogP contribution in [0, 0.1) is 19.8 Å². The quantitative estimate of drug-likeness (QED) is 0.849. The number of aliphatic carboxylic acids is 1. The molecule has 0 aromatic carbocycles. The highest BCUT2D eigenvalue weighted by Gasteiger charge is 2.34. The van der Waals surface area contributed by atoms with E-state index in [2.05, 4.69) is 5.10 Å². The van der Waals surface area contributed by atoms with Gasteiger partial charge in [-0.1, -0.05) is 6.92 Å². The summed E-state index contributed by atoms with van der Waals surface area (Å²) < 4.78 is 1.68. The Morgan fingerprint density at radius 3 is 2.60 bits per heavy atom. The van der Waals surface area contributed by atoms with Crippen LogP contribution in [0.2, 0.25) is 0 Å². The molecule has 1 fully saturated rings. The van der Waals surface area contributed by atoms with Crippen LogP contribution in [0.25, 0.3) is 0 Å². The largest absolute Gasteiger partial charge is 0.481 e. The fraction of sp³-hybridized carbons (Fsp3) is 0.643. The molecule has 0 bridgehead atoms. The molecule has 1 aromatic heterocycles. The second-order valence-corrected chi connectivity index (χ2v) is 5.60. The summed E-state index contributed by atoms with van der Waals surface area (Å²) in [5.41, 5.74) is 1.82. The molecule has 1 aromatic rings. The summed E-state index contributed by atoms with van der Waals surface area (Å²) in [6.45, 7) is 5.89. The van der Waals surface area contributed by atoms with Crippen molar-refractivity contribution in [2.24, 2.45) is 5.92 Å². The van der Waals surface area contributed by atoms with Crippen molar-refractivity contribution in [2.45, 2.75) is 46.2 Å². The van der Waals surface area contributed by atoms with Gasteiger partial charge in [-0.15, -0.1) is 0 Å². The van der Waals surface area contributed by atoms with E-state index < -0.39 is 11.9 Å². The van der Waals surface area contributed by atoms with Crippen molar-refractivity contribution in [3.8, 4) is 0 Å². The van der Waals surface area contributed by atoms with Gasteiger partial charge >= 0.3 is 5.97 Å². The van der Waals surface area contributed by atoms with E-state index in [0.717, 1.165) is 24.2 Å². The third kappa shape index (κ3) is 3.37. The highest BCUT2D eigenvalue weighted by Crippen LogP contribution is 2.28. The number of aryl methyl sites for hydroxylation is 2. The summed E-state index contributed by atoms with van der Waals surface area (Å²) in [5.74, 6) is -1.46. The monoisotopic (exact) mass is 279 g/mol. The minimum absolute atomic E-state index is 0.0493. The fourth-order valence-electron chi connectivity index (χ4n) is 2.27. The molecule has 0 saturated heterocycles. The van der Waals surface area contributed by atoms with Crippen LogP contribution in [0.1, 0.15) is 31.2 Å². The van der Waals surface area contributed by atoms with Crippen LogP contribution in [-0.2, 0) is 16.1 Å². The van der Waals surface area contributed by atoms with Crippen molar-refractivity contribution >= 4 is 11.9 Å². The molecular weight excluding hydrogens is 258 g/mol. The topological polar surface area (TPSA) is 75.4 Å². The molecule has 20 heavy (non-hydrogen) atoms. The zero-order valence-electron chi connectivity index (χ0n) is 12.2. The Morgan fingerprint density at radius 1 is 1.50 bits per heavy atom. The summed E-state index contributed by atoms with van der Waals surface area (Å²) in [5, 5.41) is 13.3. The predicted molar refractivity (Wildman–Crippen MR) is 73.2 cm³/mol. The summed E-state index contributed by atoms with van der Waals surface area (Å²) in [6.07, 6.45) is 1.93. The maximum absolute atomic E-state index is 12.4. The van der Waals surface area contributed by atoms with E-state index in [0.29, 0.717) is 0 Å². The van der Waals surface area contributed by atoms with Crippen LogP contribution in [0.15, 0.2) is 6.07 Å². The van der Waals surface area contributed by atoms with Crippen LogP contribution in [0.4, 0.5) is 0 Å². The zero-order chi connectivity index (χ0) is 14.9. The predicted octanol–water partition coefficient (Wildman–Crippen LogP) is 1.21. The van der Waals surface area contributed by atoms with Gasteiger partial charge < -0.3 is 10.0 Å². The Labute approximate surface area is 118 Å². The van der Waals surface area contributed by atoms with Crippen molar-refractivity contribution in [1.82, 2.24) is 14.7 Å². The molecule has 1 aliphatic carbocycles. The molecule has 1 saturated carbocycles. The molecule has 1 aliphatic rings. The van der Waals surface area contributed by atoms with E-state index >= 15 is 0 Å². The third-order valence-corrected chi connectivity index (χ3v) is 3.59. The molecule has 1 heterocycles. The van der Waals surface area contributed by atoms with Gasteiger partial charge in [-0.05, 0) is 32.8 Å². The Kier molecular flexibility index (Phi) is 4.11. The second-order valence-electron chi connectivity index (χ2n) is 5.60. The van der Waals surface area contributed by atoms with Gasteiger partial charge in [0.05, 0.1) is 11.6 Å². The lowest BCUT2D eigenvalue weighted by molar-refractivity contribution is -0.143. The van der Waals surface area contributed by atoms with Gasteiger partial charge in [0.25, 0.3) is 0 Å². The Balaban J connectivity index is 2.04. The maximum atomic E-state index is 12.4. The molecule has 1 atom stereocenters. The first kappa shape index (κ1) is 14.6. The number of carbonyl (C=O) groups is 2. The molecule has 1 amide bonds.